The summed E-state index contributed by atoms with van der Waals surface area (Å²) < 4.78 is 12.8. The molecule has 0 aliphatic rings. The van der Waals surface area contributed by atoms with Crippen LogP contribution in [-0.4, -0.2) is 17.8 Å². The van der Waals surface area contributed by atoms with Crippen molar-refractivity contribution in [1.82, 2.24) is 5.32 Å². The lowest BCUT2D eigenvalue weighted by atomic mass is 10.2. The number of nitrogens with one attached hydrogen (secondary N) is 1. The number of hydrogen-bond acceptors (Lipinski definition) is 2. The van der Waals surface area contributed by atoms with Crippen LogP contribution in [-0.2, 0) is 6.54 Å². The van der Waals surface area contributed by atoms with Crippen LogP contribution >= 0.6 is 11.6 Å². The van der Waals surface area contributed by atoms with E-state index in [-0.39, 0.29) is 17.7 Å². The van der Waals surface area contributed by atoms with Gasteiger partial charge in [0.25, 0.3) is 0 Å². The molecule has 15 heavy (non-hydrogen) atoms. The van der Waals surface area contributed by atoms with Gasteiger partial charge < -0.3 is 10.4 Å². The van der Waals surface area contributed by atoms with Gasteiger partial charge in [0.1, 0.15) is 5.82 Å². The van der Waals surface area contributed by atoms with Gasteiger partial charge in [-0.25, -0.2) is 4.39 Å². The summed E-state index contributed by atoms with van der Waals surface area (Å²) in [6, 6.07) is 4.69. The van der Waals surface area contributed by atoms with E-state index in [0.29, 0.717) is 6.54 Å². The molecule has 0 fully saturated rings. The van der Waals surface area contributed by atoms with E-state index in [9.17, 15) is 4.39 Å². The first-order valence-corrected chi connectivity index (χ1v) is 5.33. The topological polar surface area (TPSA) is 32.3 Å². The van der Waals surface area contributed by atoms with Crippen LogP contribution in [0.4, 0.5) is 4.39 Å². The summed E-state index contributed by atoms with van der Waals surface area (Å²) in [6.07, 6.45) is 0.853. The Hall–Kier alpha value is -0.640. The van der Waals surface area contributed by atoms with Crippen LogP contribution < -0.4 is 5.32 Å². The summed E-state index contributed by atoms with van der Waals surface area (Å²) in [5, 5.41) is 12.2. The molecule has 0 spiro atoms. The number of hydrogen-bond donors (Lipinski definition) is 2. The van der Waals surface area contributed by atoms with Crippen molar-refractivity contribution in [2.75, 3.05) is 6.61 Å². The first-order chi connectivity index (χ1) is 7.17. The van der Waals surface area contributed by atoms with Gasteiger partial charge in [0.15, 0.2) is 0 Å². The first kappa shape index (κ1) is 12.4. The molecule has 2 nitrogen and oxygen atoms in total. The second-order valence-corrected chi connectivity index (χ2v) is 3.82. The quantitative estimate of drug-likeness (QED) is 0.815. The van der Waals surface area contributed by atoms with Crippen molar-refractivity contribution in [1.29, 1.82) is 0 Å². The van der Waals surface area contributed by atoms with Crippen LogP contribution in [0.5, 0.6) is 0 Å². The molecule has 1 atom stereocenters. The number of aliphatic hydroxyl groups is 1. The monoisotopic (exact) mass is 231 g/mol. The minimum absolute atomic E-state index is 0.0776. The predicted molar refractivity (Wildman–Crippen MR) is 59.4 cm³/mol. The smallest absolute Gasteiger partial charge is 0.141 e. The molecule has 1 aromatic carbocycles. The Labute approximate surface area is 94.1 Å². The minimum atomic E-state index is -0.408. The molecule has 0 saturated heterocycles. The second-order valence-electron chi connectivity index (χ2n) is 3.42. The van der Waals surface area contributed by atoms with E-state index >= 15 is 0 Å². The zero-order valence-electron chi connectivity index (χ0n) is 8.63. The van der Waals surface area contributed by atoms with Crippen molar-refractivity contribution in [3.8, 4) is 0 Å². The van der Waals surface area contributed by atoms with E-state index in [0.717, 1.165) is 12.0 Å². The third kappa shape index (κ3) is 3.78. The predicted octanol–water partition coefficient (Wildman–Crippen LogP) is 2.34. The Morgan fingerprint density at radius 3 is 2.80 bits per heavy atom. The van der Waals surface area contributed by atoms with Gasteiger partial charge in [0, 0.05) is 12.6 Å². The van der Waals surface area contributed by atoms with E-state index in [2.05, 4.69) is 5.32 Å². The lowest BCUT2D eigenvalue weighted by Crippen LogP contribution is -2.31. The maximum absolute atomic E-state index is 12.8. The molecule has 0 heterocycles. The fourth-order valence-electron chi connectivity index (χ4n) is 1.25. The maximum Gasteiger partial charge on any atom is 0.141 e. The molecule has 0 aliphatic heterocycles. The Bertz CT molecular complexity index is 315. The van der Waals surface area contributed by atoms with E-state index in [1.54, 1.807) is 12.1 Å². The third-order valence-electron chi connectivity index (χ3n) is 2.29. The first-order valence-electron chi connectivity index (χ1n) is 4.95. The summed E-state index contributed by atoms with van der Waals surface area (Å²) in [4.78, 5) is 0. The van der Waals surface area contributed by atoms with E-state index in [1.807, 2.05) is 6.92 Å². The average molecular weight is 232 g/mol. The average Bonchev–Trinajstić information content (AvgIpc) is 2.24. The van der Waals surface area contributed by atoms with Crippen molar-refractivity contribution in [3.63, 3.8) is 0 Å². The highest BCUT2D eigenvalue weighted by molar-refractivity contribution is 6.30. The largest absolute Gasteiger partial charge is 0.395 e. The van der Waals surface area contributed by atoms with Gasteiger partial charge in [-0.15, -0.1) is 0 Å². The molecule has 0 unspecified atom stereocenters. The summed E-state index contributed by atoms with van der Waals surface area (Å²) in [6.45, 7) is 2.68. The Morgan fingerprint density at radius 1 is 1.53 bits per heavy atom. The third-order valence-corrected chi connectivity index (χ3v) is 2.58. The molecule has 1 aromatic rings. The Balaban J connectivity index is 2.54. The highest BCUT2D eigenvalue weighted by Crippen LogP contribution is 2.15. The van der Waals surface area contributed by atoms with E-state index < -0.39 is 5.82 Å². The zero-order valence-corrected chi connectivity index (χ0v) is 9.39. The molecule has 0 aromatic heterocycles. The highest BCUT2D eigenvalue weighted by atomic mass is 35.5. The molecule has 4 heteroatoms. The Kier molecular flexibility index (Phi) is 5.02. The number of benzene rings is 1. The van der Waals surface area contributed by atoms with Gasteiger partial charge in [0.2, 0.25) is 0 Å². The normalized spacial score (nSPS) is 12.8. The van der Waals surface area contributed by atoms with Crippen molar-refractivity contribution < 1.29 is 9.50 Å². The fourth-order valence-corrected chi connectivity index (χ4v) is 1.45. The van der Waals surface area contributed by atoms with Crippen LogP contribution in [0.25, 0.3) is 0 Å². The molecule has 0 radical (unpaired) electrons. The van der Waals surface area contributed by atoms with E-state index in [1.165, 1.54) is 6.07 Å². The number of rotatable bonds is 5. The Morgan fingerprint density at radius 2 is 2.27 bits per heavy atom. The molecule has 2 N–H and O–H groups in total. The molecule has 0 bridgehead atoms. The lowest BCUT2D eigenvalue weighted by Gasteiger charge is -2.13. The summed E-state index contributed by atoms with van der Waals surface area (Å²) >= 11 is 5.64. The number of aliphatic hydroxyl groups excluding tert-OH is 1. The van der Waals surface area contributed by atoms with Crippen LogP contribution in [0.15, 0.2) is 18.2 Å². The van der Waals surface area contributed by atoms with Crippen molar-refractivity contribution >= 4 is 11.6 Å². The van der Waals surface area contributed by atoms with Gasteiger partial charge in [-0.2, -0.15) is 0 Å². The SMILES string of the molecule is CC[C@@H](CO)NCc1ccc(F)c(Cl)c1. The molecule has 84 valence electrons. The van der Waals surface area contributed by atoms with Gasteiger partial charge in [-0.05, 0) is 24.1 Å². The fraction of sp³-hybridized carbons (Fsp3) is 0.455. The maximum atomic E-state index is 12.8. The molecule has 1 rings (SSSR count). The molecular formula is C11H15ClFNO. The standard InChI is InChI=1S/C11H15ClFNO/c1-2-9(7-15)14-6-8-3-4-11(13)10(12)5-8/h3-5,9,14-15H,2,6-7H2,1H3/t9-/m0/s1. The lowest BCUT2D eigenvalue weighted by molar-refractivity contribution is 0.238. The van der Waals surface area contributed by atoms with Crippen LogP contribution in [0, 0.1) is 5.82 Å². The molecule has 0 saturated carbocycles. The molecular weight excluding hydrogens is 217 g/mol. The minimum Gasteiger partial charge on any atom is -0.395 e. The second kappa shape index (κ2) is 6.05. The van der Waals surface area contributed by atoms with Crippen molar-refractivity contribution in [3.05, 3.63) is 34.6 Å². The molecule has 0 amide bonds. The van der Waals surface area contributed by atoms with Crippen LogP contribution in [0.3, 0.4) is 0 Å². The summed E-state index contributed by atoms with van der Waals surface area (Å²) in [7, 11) is 0. The van der Waals surface area contributed by atoms with Gasteiger partial charge >= 0.3 is 0 Å². The van der Waals surface area contributed by atoms with Crippen molar-refractivity contribution in [2.45, 2.75) is 25.9 Å². The summed E-state index contributed by atoms with van der Waals surface area (Å²) in [5.74, 6) is -0.408. The molecule has 0 aliphatic carbocycles. The van der Waals surface area contributed by atoms with Crippen LogP contribution in [0.1, 0.15) is 18.9 Å². The van der Waals surface area contributed by atoms with E-state index in [4.69, 9.17) is 16.7 Å². The number of halogens is 2. The van der Waals surface area contributed by atoms with Gasteiger partial charge in [-0.1, -0.05) is 24.6 Å². The zero-order chi connectivity index (χ0) is 11.3. The van der Waals surface area contributed by atoms with Gasteiger partial charge in [-0.3, -0.25) is 0 Å². The van der Waals surface area contributed by atoms with Gasteiger partial charge in [0.05, 0.1) is 11.6 Å². The van der Waals surface area contributed by atoms with Crippen molar-refractivity contribution in [2.24, 2.45) is 0 Å². The summed E-state index contributed by atoms with van der Waals surface area (Å²) in [5.41, 5.74) is 0.910. The van der Waals surface area contributed by atoms with Crippen LogP contribution in [0.2, 0.25) is 5.02 Å². The highest BCUT2D eigenvalue weighted by Gasteiger charge is 2.05.